The Morgan fingerprint density at radius 3 is 0.703 bits per heavy atom. The monoisotopic (exact) mass is 1310 g/mol. The number of carbonyl (C=O) groups excluding carboxylic acids is 4. The molecule has 4 amide bonds. The van der Waals surface area contributed by atoms with Gasteiger partial charge in [-0.3, -0.25) is 29.0 Å². The fourth-order valence-corrected chi connectivity index (χ4v) is 9.00. The van der Waals surface area contributed by atoms with E-state index in [1.54, 1.807) is 14.2 Å². The summed E-state index contributed by atoms with van der Waals surface area (Å²) in [6.45, 7) is 28.8. The second-order valence-electron chi connectivity index (χ2n) is 22.1. The maximum absolute atomic E-state index is 12.8. The summed E-state index contributed by atoms with van der Waals surface area (Å²) < 4.78 is 75.4. The van der Waals surface area contributed by atoms with Gasteiger partial charge in [0.15, 0.2) is 0 Å². The summed E-state index contributed by atoms with van der Waals surface area (Å²) in [6, 6.07) is 0. The van der Waals surface area contributed by atoms with Crippen LogP contribution in [0.15, 0.2) is 0 Å². The average Bonchev–Trinajstić information content (AvgIpc) is 3.70. The van der Waals surface area contributed by atoms with Gasteiger partial charge in [-0.1, -0.05) is 97.8 Å². The smallest absolute Gasteiger partial charge is 0.234 e. The average molecular weight is 1310 g/mol. The van der Waals surface area contributed by atoms with Crippen LogP contribution in [0.3, 0.4) is 0 Å². The molecule has 25 heteroatoms. The van der Waals surface area contributed by atoms with Crippen molar-refractivity contribution in [3.8, 4) is 0 Å². The topological polar surface area (TPSA) is 255 Å². The van der Waals surface area contributed by atoms with E-state index in [0.29, 0.717) is 224 Å². The zero-order chi connectivity index (χ0) is 66.1. The molecule has 91 heavy (non-hydrogen) atoms. The standard InChI is InChI=1S/C66H133N7O18/c1-6-71(31-33-72(7-2)61-65(76)67-27-23-19-15-11-9-13-17-21-25-63(74)69-29-35-80-41-43-84-49-51-88-57-59-90-55-53-86-47-45-82-39-37-78-4)32-34-73(8-3)62-66(77)68-28-24-20-16-12-10-14-18-22-26-64(75)70-30-36-81-42-44-85-50-52-89-58-60-91-56-54-87-48-46-83-40-38-79-5/h6-62H2,1-5H3,(H,67,76)(H,68,77)(H,69,74)(H,70,75). The van der Waals surface area contributed by atoms with Crippen LogP contribution in [0.25, 0.3) is 0 Å². The highest BCUT2D eigenvalue weighted by Crippen LogP contribution is 2.11. The highest BCUT2D eigenvalue weighted by molar-refractivity contribution is 5.78. The molecule has 0 saturated heterocycles. The summed E-state index contributed by atoms with van der Waals surface area (Å²) in [7, 11) is 3.29. The number of likely N-dealkylation sites (N-methyl/N-ethyl adjacent to an activating group) is 3. The highest BCUT2D eigenvalue weighted by atomic mass is 16.6. The van der Waals surface area contributed by atoms with Gasteiger partial charge in [0.1, 0.15) is 0 Å². The molecule has 0 aliphatic heterocycles. The summed E-state index contributed by atoms with van der Waals surface area (Å²) in [5, 5.41) is 12.1. The molecule has 0 aromatic carbocycles. The lowest BCUT2D eigenvalue weighted by molar-refractivity contribution is -0.123. The van der Waals surface area contributed by atoms with E-state index in [-0.39, 0.29) is 23.6 Å². The molecule has 0 aliphatic rings. The Morgan fingerprint density at radius 2 is 0.451 bits per heavy atom. The van der Waals surface area contributed by atoms with Gasteiger partial charge in [0.05, 0.1) is 185 Å². The molecule has 0 fully saturated rings. The normalized spacial score (nSPS) is 11.6. The van der Waals surface area contributed by atoms with Crippen LogP contribution in [-0.4, -0.2) is 309 Å². The zero-order valence-corrected chi connectivity index (χ0v) is 58.0. The Kier molecular flexibility index (Phi) is 72.3. The largest absolute Gasteiger partial charge is 0.382 e. The lowest BCUT2D eigenvalue weighted by Crippen LogP contribution is -2.44. The van der Waals surface area contributed by atoms with Crippen molar-refractivity contribution in [2.75, 3.05) is 271 Å². The van der Waals surface area contributed by atoms with Gasteiger partial charge in [-0.05, 0) is 45.3 Å². The minimum Gasteiger partial charge on any atom is -0.382 e. The van der Waals surface area contributed by atoms with E-state index in [9.17, 15) is 19.2 Å². The SMILES string of the molecule is CCN(CCN(CC)CC(=O)NCCCCCCCCCCC(=O)NCCOCCOCCOCCOCCOCCOCCOC)CCN(CC)CC(=O)NCCCCCCCCCCC(=O)NCCOCCOCCOCCOCCOCCOCCOC. The van der Waals surface area contributed by atoms with Crippen LogP contribution in [0.1, 0.15) is 136 Å². The minimum atomic E-state index is 0.0701. The molecule has 0 saturated carbocycles. The first-order chi connectivity index (χ1) is 44.8. The third-order valence-electron chi connectivity index (χ3n) is 14.6. The molecule has 0 unspecified atom stereocenters. The number of nitrogens with one attached hydrogen (secondary N) is 4. The van der Waals surface area contributed by atoms with Gasteiger partial charge in [-0.25, -0.2) is 0 Å². The van der Waals surface area contributed by atoms with E-state index in [1.165, 1.54) is 25.7 Å². The van der Waals surface area contributed by atoms with Crippen molar-refractivity contribution in [3.05, 3.63) is 0 Å². The van der Waals surface area contributed by atoms with E-state index >= 15 is 0 Å². The summed E-state index contributed by atoms with van der Waals surface area (Å²) in [5.41, 5.74) is 0. The molecular formula is C66H133N7O18. The van der Waals surface area contributed by atoms with Crippen LogP contribution in [0.2, 0.25) is 0 Å². The minimum absolute atomic E-state index is 0.0701. The van der Waals surface area contributed by atoms with E-state index in [1.807, 2.05) is 0 Å². The van der Waals surface area contributed by atoms with E-state index in [2.05, 4.69) is 56.7 Å². The highest BCUT2D eigenvalue weighted by Gasteiger charge is 2.14. The van der Waals surface area contributed by atoms with Crippen molar-refractivity contribution in [2.24, 2.45) is 0 Å². The second kappa shape index (κ2) is 74.6. The van der Waals surface area contributed by atoms with Crippen molar-refractivity contribution in [1.82, 2.24) is 36.0 Å². The molecular weight excluding hydrogens is 1180 g/mol. The van der Waals surface area contributed by atoms with Crippen molar-refractivity contribution in [1.29, 1.82) is 0 Å². The molecule has 0 radical (unpaired) electrons. The predicted octanol–water partition coefficient (Wildman–Crippen LogP) is 4.93. The van der Waals surface area contributed by atoms with E-state index in [4.69, 9.17) is 66.3 Å². The lowest BCUT2D eigenvalue weighted by atomic mass is 10.1. The van der Waals surface area contributed by atoms with Crippen molar-refractivity contribution in [3.63, 3.8) is 0 Å². The molecule has 0 rings (SSSR count). The first-order valence-corrected chi connectivity index (χ1v) is 34.9. The number of hydrogen-bond acceptors (Lipinski definition) is 21. The molecule has 0 spiro atoms. The van der Waals surface area contributed by atoms with Gasteiger partial charge in [0.2, 0.25) is 23.6 Å². The number of rotatable bonds is 77. The van der Waals surface area contributed by atoms with Crippen LogP contribution < -0.4 is 21.3 Å². The third kappa shape index (κ3) is 69.8. The van der Waals surface area contributed by atoms with Crippen LogP contribution >= 0.6 is 0 Å². The molecule has 540 valence electrons. The lowest BCUT2D eigenvalue weighted by Gasteiger charge is -2.28. The van der Waals surface area contributed by atoms with Crippen molar-refractivity contribution in [2.45, 2.75) is 136 Å². The second-order valence-corrected chi connectivity index (χ2v) is 22.1. The predicted molar refractivity (Wildman–Crippen MR) is 355 cm³/mol. The Labute approximate surface area is 550 Å². The maximum Gasteiger partial charge on any atom is 0.234 e. The fraction of sp³-hybridized carbons (Fsp3) is 0.939. The Balaban J connectivity index is 3.67. The summed E-state index contributed by atoms with van der Waals surface area (Å²) in [6.07, 6.45) is 18.4. The van der Waals surface area contributed by atoms with E-state index < -0.39 is 0 Å². The first-order valence-electron chi connectivity index (χ1n) is 34.9. The number of amides is 4. The van der Waals surface area contributed by atoms with Gasteiger partial charge in [0, 0.05) is 79.4 Å². The molecule has 0 heterocycles. The third-order valence-corrected chi connectivity index (χ3v) is 14.6. The number of hydrogen-bond donors (Lipinski definition) is 4. The van der Waals surface area contributed by atoms with Gasteiger partial charge >= 0.3 is 0 Å². The number of unbranched alkanes of at least 4 members (excludes halogenated alkanes) is 14. The molecule has 25 nitrogen and oxygen atoms in total. The quantitative estimate of drug-likeness (QED) is 0.0589. The Morgan fingerprint density at radius 1 is 0.242 bits per heavy atom. The molecule has 0 aliphatic carbocycles. The first kappa shape index (κ1) is 88.2. The summed E-state index contributed by atoms with van der Waals surface area (Å²) in [5.74, 6) is 0.304. The van der Waals surface area contributed by atoms with Gasteiger partial charge in [0.25, 0.3) is 0 Å². The van der Waals surface area contributed by atoms with Gasteiger partial charge in [-0.15, -0.1) is 0 Å². The van der Waals surface area contributed by atoms with Crippen molar-refractivity contribution < 1.29 is 85.5 Å². The zero-order valence-electron chi connectivity index (χ0n) is 58.0. The summed E-state index contributed by atoms with van der Waals surface area (Å²) >= 11 is 0. The molecule has 0 aromatic rings. The number of methoxy groups -OCH3 is 2. The Bertz CT molecular complexity index is 1440. The number of carbonyl (C=O) groups is 4. The fourth-order valence-electron chi connectivity index (χ4n) is 9.00. The maximum atomic E-state index is 12.8. The van der Waals surface area contributed by atoms with Gasteiger partial charge in [-0.2, -0.15) is 0 Å². The molecule has 0 bridgehead atoms. The van der Waals surface area contributed by atoms with Crippen LogP contribution in [0, 0.1) is 0 Å². The molecule has 0 atom stereocenters. The van der Waals surface area contributed by atoms with Gasteiger partial charge < -0.3 is 92.5 Å². The molecule has 4 N–H and O–H groups in total. The van der Waals surface area contributed by atoms with Crippen LogP contribution in [0.5, 0.6) is 0 Å². The summed E-state index contributed by atoms with van der Waals surface area (Å²) in [4.78, 5) is 56.8. The number of ether oxygens (including phenoxy) is 14. The van der Waals surface area contributed by atoms with Crippen LogP contribution in [-0.2, 0) is 85.5 Å². The molecule has 0 aromatic heterocycles. The number of nitrogens with zero attached hydrogens (tertiary/aromatic N) is 3. The van der Waals surface area contributed by atoms with Crippen LogP contribution in [0.4, 0.5) is 0 Å². The van der Waals surface area contributed by atoms with Crippen molar-refractivity contribution >= 4 is 23.6 Å². The van der Waals surface area contributed by atoms with E-state index in [0.717, 1.165) is 123 Å². The Hall–Kier alpha value is -2.80.